The number of hydrazine groups is 1. The minimum absolute atomic E-state index is 0.115. The summed E-state index contributed by atoms with van der Waals surface area (Å²) in [7, 11) is 0. The zero-order valence-corrected chi connectivity index (χ0v) is 12.8. The van der Waals surface area contributed by atoms with Crippen LogP contribution in [0.5, 0.6) is 0 Å². The summed E-state index contributed by atoms with van der Waals surface area (Å²) < 4.78 is 0. The number of nitrogens with one attached hydrogen (secondary N) is 2. The van der Waals surface area contributed by atoms with E-state index in [-0.39, 0.29) is 12.1 Å². The van der Waals surface area contributed by atoms with Gasteiger partial charge in [0.2, 0.25) is 5.95 Å². The molecule has 0 spiro atoms. The van der Waals surface area contributed by atoms with Gasteiger partial charge in [-0.2, -0.15) is 4.98 Å². The zero-order chi connectivity index (χ0) is 14.7. The van der Waals surface area contributed by atoms with Gasteiger partial charge in [0.25, 0.3) is 0 Å². The molecule has 0 saturated carbocycles. The van der Waals surface area contributed by atoms with Crippen molar-refractivity contribution in [2.24, 2.45) is 5.84 Å². The highest BCUT2D eigenvalue weighted by Crippen LogP contribution is 2.30. The minimum Gasteiger partial charge on any atom is -0.393 e. The van der Waals surface area contributed by atoms with Crippen molar-refractivity contribution in [1.82, 2.24) is 9.97 Å². The molecule has 2 heterocycles. The number of aromatic nitrogens is 2. The van der Waals surface area contributed by atoms with Crippen LogP contribution in [0.2, 0.25) is 0 Å². The van der Waals surface area contributed by atoms with E-state index in [1.807, 2.05) is 6.92 Å². The Bertz CT molecular complexity index is 583. The number of anilines is 2. The maximum atomic E-state index is 9.45. The van der Waals surface area contributed by atoms with E-state index in [0.717, 1.165) is 22.5 Å². The van der Waals surface area contributed by atoms with E-state index in [2.05, 4.69) is 33.7 Å². The molecule has 2 aromatic heterocycles. The van der Waals surface area contributed by atoms with Crippen LogP contribution in [-0.4, -0.2) is 27.2 Å². The summed E-state index contributed by atoms with van der Waals surface area (Å²) >= 11 is 1.65. The van der Waals surface area contributed by atoms with Crippen LogP contribution >= 0.6 is 11.3 Å². The number of nitrogens with zero attached hydrogens (tertiary/aromatic N) is 2. The lowest BCUT2D eigenvalue weighted by Gasteiger charge is -2.17. The van der Waals surface area contributed by atoms with Crippen LogP contribution in [0.4, 0.5) is 11.8 Å². The molecule has 0 aliphatic carbocycles. The van der Waals surface area contributed by atoms with Crippen LogP contribution in [0.25, 0.3) is 10.2 Å². The maximum Gasteiger partial charge on any atom is 0.240 e. The molecule has 6 nitrogen and oxygen atoms in total. The number of aryl methyl sites for hydroxylation is 1. The Labute approximate surface area is 122 Å². The first-order chi connectivity index (χ1) is 9.53. The first-order valence-electron chi connectivity index (χ1n) is 6.75. The Hall–Kier alpha value is -1.44. The Morgan fingerprint density at radius 3 is 2.75 bits per heavy atom. The lowest BCUT2D eigenvalue weighted by molar-refractivity contribution is 0.179. The first-order valence-corrected chi connectivity index (χ1v) is 7.56. The average Bonchev–Trinajstić information content (AvgIpc) is 2.80. The third-order valence-electron chi connectivity index (χ3n) is 3.00. The Balaban J connectivity index is 2.36. The first kappa shape index (κ1) is 15.0. The smallest absolute Gasteiger partial charge is 0.240 e. The Morgan fingerprint density at radius 1 is 1.40 bits per heavy atom. The van der Waals surface area contributed by atoms with Gasteiger partial charge < -0.3 is 10.4 Å². The summed E-state index contributed by atoms with van der Waals surface area (Å²) in [5.74, 6) is 6.58. The van der Waals surface area contributed by atoms with Gasteiger partial charge in [-0.15, -0.1) is 11.3 Å². The van der Waals surface area contributed by atoms with Gasteiger partial charge in [-0.05, 0) is 32.8 Å². The van der Waals surface area contributed by atoms with Gasteiger partial charge in [0.15, 0.2) is 0 Å². The van der Waals surface area contributed by atoms with Crippen LogP contribution < -0.4 is 16.6 Å². The summed E-state index contributed by atoms with van der Waals surface area (Å²) in [6.45, 7) is 5.91. The molecule has 5 N–H and O–H groups in total. The maximum absolute atomic E-state index is 9.45. The van der Waals surface area contributed by atoms with Crippen LogP contribution in [0.3, 0.4) is 0 Å². The monoisotopic (exact) mass is 295 g/mol. The predicted molar refractivity (Wildman–Crippen MR) is 84.0 cm³/mol. The molecule has 7 heteroatoms. The van der Waals surface area contributed by atoms with Gasteiger partial charge in [-0.1, -0.05) is 6.92 Å². The summed E-state index contributed by atoms with van der Waals surface area (Å²) in [5, 5.41) is 13.8. The highest BCUT2D eigenvalue weighted by Gasteiger charge is 2.14. The molecule has 0 saturated heterocycles. The lowest BCUT2D eigenvalue weighted by atomic mass is 10.1. The number of nitrogen functional groups attached to an aromatic ring is 1. The van der Waals surface area contributed by atoms with Crippen LogP contribution in [-0.2, 0) is 6.42 Å². The molecule has 0 amide bonds. The second kappa shape index (κ2) is 6.34. The number of nitrogens with two attached hydrogens (primary N) is 1. The van der Waals surface area contributed by atoms with E-state index < -0.39 is 0 Å². The van der Waals surface area contributed by atoms with Crippen molar-refractivity contribution >= 4 is 33.3 Å². The molecule has 110 valence electrons. The third kappa shape index (κ3) is 3.36. The van der Waals surface area contributed by atoms with Crippen LogP contribution in [0, 0.1) is 0 Å². The topological polar surface area (TPSA) is 96.1 Å². The molecular formula is C13H21N5OS. The fourth-order valence-electron chi connectivity index (χ4n) is 2.12. The van der Waals surface area contributed by atoms with Crippen molar-refractivity contribution in [1.29, 1.82) is 0 Å². The van der Waals surface area contributed by atoms with Crippen molar-refractivity contribution in [3.8, 4) is 0 Å². The summed E-state index contributed by atoms with van der Waals surface area (Å²) in [5.41, 5.74) is 2.50. The number of rotatable bonds is 6. The molecule has 0 fully saturated rings. The molecule has 2 rings (SSSR count). The van der Waals surface area contributed by atoms with E-state index in [9.17, 15) is 5.11 Å². The van der Waals surface area contributed by atoms with Gasteiger partial charge in [0.1, 0.15) is 10.6 Å². The van der Waals surface area contributed by atoms with Crippen molar-refractivity contribution < 1.29 is 5.11 Å². The Kier molecular flexibility index (Phi) is 4.74. The second-order valence-corrected chi connectivity index (χ2v) is 6.07. The SMILES string of the molecule is CCc1cc2c(NC(C)CC(C)O)nc(NN)nc2s1. The van der Waals surface area contributed by atoms with Crippen molar-refractivity contribution in [3.63, 3.8) is 0 Å². The largest absolute Gasteiger partial charge is 0.393 e. The van der Waals surface area contributed by atoms with Gasteiger partial charge >= 0.3 is 0 Å². The minimum atomic E-state index is -0.351. The molecule has 2 atom stereocenters. The molecule has 0 aliphatic heterocycles. The quantitative estimate of drug-likeness (QED) is 0.481. The summed E-state index contributed by atoms with van der Waals surface area (Å²) in [4.78, 5) is 10.9. The Morgan fingerprint density at radius 2 is 2.15 bits per heavy atom. The standard InChI is InChI=1S/C13H21N5OS/c1-4-9-6-10-11(15-7(2)5-8(3)19)16-13(18-14)17-12(10)20-9/h6-8,19H,4-5,14H2,1-3H3,(H2,15,16,17,18). The molecule has 0 bridgehead atoms. The summed E-state index contributed by atoms with van der Waals surface area (Å²) in [6.07, 6.45) is 1.27. The zero-order valence-electron chi connectivity index (χ0n) is 12.0. The predicted octanol–water partition coefficient (Wildman–Crippen LogP) is 2.11. The molecule has 2 aromatic rings. The highest BCUT2D eigenvalue weighted by atomic mass is 32.1. The van der Waals surface area contributed by atoms with Gasteiger partial charge in [0.05, 0.1) is 11.5 Å². The van der Waals surface area contributed by atoms with Crippen molar-refractivity contribution in [2.75, 3.05) is 10.7 Å². The van der Waals surface area contributed by atoms with Gasteiger partial charge in [0, 0.05) is 10.9 Å². The molecule has 2 unspecified atom stereocenters. The van der Waals surface area contributed by atoms with Crippen LogP contribution in [0.1, 0.15) is 32.1 Å². The molecule has 20 heavy (non-hydrogen) atoms. The number of aliphatic hydroxyl groups excluding tert-OH is 1. The summed E-state index contributed by atoms with van der Waals surface area (Å²) in [6, 6.07) is 2.22. The van der Waals surface area contributed by atoms with E-state index in [1.165, 1.54) is 4.88 Å². The fourth-order valence-corrected chi connectivity index (χ4v) is 3.09. The lowest BCUT2D eigenvalue weighted by Crippen LogP contribution is -2.22. The van der Waals surface area contributed by atoms with Crippen LogP contribution in [0.15, 0.2) is 6.07 Å². The second-order valence-electron chi connectivity index (χ2n) is 4.96. The van der Waals surface area contributed by atoms with E-state index >= 15 is 0 Å². The van der Waals surface area contributed by atoms with E-state index in [0.29, 0.717) is 12.4 Å². The molecule has 0 radical (unpaired) electrons. The van der Waals surface area contributed by atoms with E-state index in [1.54, 1.807) is 18.3 Å². The fraction of sp³-hybridized carbons (Fsp3) is 0.538. The number of hydrogen-bond acceptors (Lipinski definition) is 7. The normalized spacial score (nSPS) is 14.2. The number of aliphatic hydroxyl groups is 1. The number of hydrogen-bond donors (Lipinski definition) is 4. The highest BCUT2D eigenvalue weighted by molar-refractivity contribution is 7.18. The van der Waals surface area contributed by atoms with Crippen molar-refractivity contribution in [3.05, 3.63) is 10.9 Å². The third-order valence-corrected chi connectivity index (χ3v) is 4.17. The number of thiophene rings is 1. The van der Waals surface area contributed by atoms with Gasteiger partial charge in [-0.25, -0.2) is 10.8 Å². The van der Waals surface area contributed by atoms with E-state index in [4.69, 9.17) is 5.84 Å². The molecule has 0 aromatic carbocycles. The average molecular weight is 295 g/mol. The molecular weight excluding hydrogens is 274 g/mol. The van der Waals surface area contributed by atoms with Crippen molar-refractivity contribution in [2.45, 2.75) is 45.8 Å². The molecule has 0 aliphatic rings. The number of fused-ring (bicyclic) bond motifs is 1. The van der Waals surface area contributed by atoms with Gasteiger partial charge in [-0.3, -0.25) is 5.43 Å².